The number of nitrogen functional groups attached to an aromatic ring is 1. The Morgan fingerprint density at radius 1 is 1.24 bits per heavy atom. The third kappa shape index (κ3) is 2.54. The van der Waals surface area contributed by atoms with Crippen LogP contribution in [0, 0.1) is 6.92 Å². The number of anilines is 1. The number of imidazole rings is 1. The molecule has 108 valence electrons. The molecule has 0 unspecified atom stereocenters. The summed E-state index contributed by atoms with van der Waals surface area (Å²) < 4.78 is 7.43. The maximum absolute atomic E-state index is 6.03. The van der Waals surface area contributed by atoms with Crippen molar-refractivity contribution >= 4 is 17.1 Å². The number of aromatic nitrogens is 3. The van der Waals surface area contributed by atoms with Gasteiger partial charge in [-0.1, -0.05) is 6.92 Å². The molecule has 21 heavy (non-hydrogen) atoms. The van der Waals surface area contributed by atoms with E-state index < -0.39 is 0 Å². The first kappa shape index (κ1) is 13.4. The summed E-state index contributed by atoms with van der Waals surface area (Å²) in [6, 6.07) is 9.77. The number of hydrogen-bond acceptors (Lipinski definition) is 4. The quantitative estimate of drug-likeness (QED) is 0.798. The molecule has 0 fully saturated rings. The number of rotatable bonds is 4. The summed E-state index contributed by atoms with van der Waals surface area (Å²) >= 11 is 0. The third-order valence-corrected chi connectivity index (χ3v) is 3.23. The number of ether oxygens (including phenoxy) is 1. The van der Waals surface area contributed by atoms with Gasteiger partial charge in [-0.05, 0) is 49.2 Å². The Labute approximate surface area is 123 Å². The molecule has 5 nitrogen and oxygen atoms in total. The van der Waals surface area contributed by atoms with Gasteiger partial charge in [-0.15, -0.1) is 0 Å². The van der Waals surface area contributed by atoms with Crippen LogP contribution >= 0.6 is 0 Å². The fraction of sp³-hybridized carbons (Fsp3) is 0.250. The van der Waals surface area contributed by atoms with Gasteiger partial charge < -0.3 is 10.5 Å². The SMILES string of the molecule is CCCOc1ccc(-n2c(N)nc3cc(C)cnc32)cc1. The van der Waals surface area contributed by atoms with Crippen molar-refractivity contribution in [2.24, 2.45) is 0 Å². The van der Waals surface area contributed by atoms with Gasteiger partial charge in [0.2, 0.25) is 5.95 Å². The minimum Gasteiger partial charge on any atom is -0.494 e. The fourth-order valence-electron chi connectivity index (χ4n) is 2.25. The molecule has 5 heteroatoms. The van der Waals surface area contributed by atoms with Gasteiger partial charge in [-0.25, -0.2) is 9.97 Å². The van der Waals surface area contributed by atoms with E-state index in [0.717, 1.165) is 41.2 Å². The Balaban J connectivity index is 2.01. The van der Waals surface area contributed by atoms with Gasteiger partial charge in [0.25, 0.3) is 0 Å². The first-order chi connectivity index (χ1) is 10.2. The number of nitrogens with two attached hydrogens (primary N) is 1. The third-order valence-electron chi connectivity index (χ3n) is 3.23. The lowest BCUT2D eigenvalue weighted by molar-refractivity contribution is 0.317. The summed E-state index contributed by atoms with van der Waals surface area (Å²) in [7, 11) is 0. The minimum atomic E-state index is 0.435. The van der Waals surface area contributed by atoms with E-state index in [0.29, 0.717) is 5.95 Å². The van der Waals surface area contributed by atoms with Gasteiger partial charge in [0, 0.05) is 6.20 Å². The van der Waals surface area contributed by atoms with Gasteiger partial charge in [-0.2, -0.15) is 0 Å². The second-order valence-corrected chi connectivity index (χ2v) is 5.00. The van der Waals surface area contributed by atoms with Crippen LogP contribution in [0.15, 0.2) is 36.5 Å². The molecule has 0 aliphatic heterocycles. The Morgan fingerprint density at radius 2 is 2.00 bits per heavy atom. The second kappa shape index (κ2) is 5.44. The monoisotopic (exact) mass is 282 g/mol. The lowest BCUT2D eigenvalue weighted by Gasteiger charge is -2.08. The van der Waals surface area contributed by atoms with Gasteiger partial charge >= 0.3 is 0 Å². The van der Waals surface area contributed by atoms with Gasteiger partial charge in [0.15, 0.2) is 5.65 Å². The summed E-state index contributed by atoms with van der Waals surface area (Å²) in [5, 5.41) is 0. The zero-order valence-corrected chi connectivity index (χ0v) is 12.2. The highest BCUT2D eigenvalue weighted by Gasteiger charge is 2.11. The van der Waals surface area contributed by atoms with Crippen LogP contribution in [0.1, 0.15) is 18.9 Å². The van der Waals surface area contributed by atoms with E-state index in [1.54, 1.807) is 0 Å². The molecule has 2 heterocycles. The predicted molar refractivity (Wildman–Crippen MR) is 83.8 cm³/mol. The van der Waals surface area contributed by atoms with Crippen molar-refractivity contribution in [3.63, 3.8) is 0 Å². The molecule has 0 aliphatic carbocycles. The van der Waals surface area contributed by atoms with Crippen LogP contribution in [0.3, 0.4) is 0 Å². The van der Waals surface area contributed by atoms with E-state index in [2.05, 4.69) is 16.9 Å². The highest BCUT2D eigenvalue weighted by molar-refractivity contribution is 5.77. The molecule has 3 rings (SSSR count). The van der Waals surface area contributed by atoms with Crippen molar-refractivity contribution in [3.8, 4) is 11.4 Å². The van der Waals surface area contributed by atoms with Crippen molar-refractivity contribution in [2.75, 3.05) is 12.3 Å². The molecule has 0 atom stereocenters. The van der Waals surface area contributed by atoms with Gasteiger partial charge in [-0.3, -0.25) is 4.57 Å². The molecular weight excluding hydrogens is 264 g/mol. The molecular formula is C16H18N4O. The molecule has 0 bridgehead atoms. The summed E-state index contributed by atoms with van der Waals surface area (Å²) in [6.45, 7) is 4.79. The van der Waals surface area contributed by atoms with Crippen LogP contribution in [0.25, 0.3) is 16.9 Å². The first-order valence-electron chi connectivity index (χ1n) is 7.03. The molecule has 1 aromatic carbocycles. The number of benzene rings is 1. The normalized spacial score (nSPS) is 11.0. The largest absolute Gasteiger partial charge is 0.494 e. The average Bonchev–Trinajstić information content (AvgIpc) is 2.80. The summed E-state index contributed by atoms with van der Waals surface area (Å²) in [6.07, 6.45) is 2.81. The summed E-state index contributed by atoms with van der Waals surface area (Å²) in [5.74, 6) is 1.29. The van der Waals surface area contributed by atoms with Crippen molar-refractivity contribution in [1.29, 1.82) is 0 Å². The molecule has 0 saturated heterocycles. The van der Waals surface area contributed by atoms with Crippen molar-refractivity contribution in [1.82, 2.24) is 14.5 Å². The lowest BCUT2D eigenvalue weighted by Crippen LogP contribution is -2.02. The minimum absolute atomic E-state index is 0.435. The molecule has 0 aliphatic rings. The van der Waals surface area contributed by atoms with Crippen molar-refractivity contribution in [2.45, 2.75) is 20.3 Å². The first-order valence-corrected chi connectivity index (χ1v) is 7.03. The zero-order valence-electron chi connectivity index (χ0n) is 12.2. The summed E-state index contributed by atoms with van der Waals surface area (Å²) in [5.41, 5.74) is 9.59. The Hall–Kier alpha value is -2.56. The average molecular weight is 282 g/mol. The van der Waals surface area contributed by atoms with Crippen LogP contribution in [-0.2, 0) is 0 Å². The summed E-state index contributed by atoms with van der Waals surface area (Å²) in [4.78, 5) is 8.81. The van der Waals surface area contributed by atoms with Crippen LogP contribution in [0.4, 0.5) is 5.95 Å². The number of pyridine rings is 1. The van der Waals surface area contributed by atoms with E-state index in [1.165, 1.54) is 0 Å². The van der Waals surface area contributed by atoms with Crippen molar-refractivity contribution < 1.29 is 4.74 Å². The molecule has 0 spiro atoms. The smallest absolute Gasteiger partial charge is 0.207 e. The van der Waals surface area contributed by atoms with E-state index in [1.807, 2.05) is 48.0 Å². The van der Waals surface area contributed by atoms with E-state index >= 15 is 0 Å². The Bertz CT molecular complexity index is 762. The van der Waals surface area contributed by atoms with E-state index in [-0.39, 0.29) is 0 Å². The highest BCUT2D eigenvalue weighted by Crippen LogP contribution is 2.23. The highest BCUT2D eigenvalue weighted by atomic mass is 16.5. The van der Waals surface area contributed by atoms with Gasteiger partial charge in [0.05, 0.1) is 12.3 Å². The number of fused-ring (bicyclic) bond motifs is 1. The standard InChI is InChI=1S/C16H18N4O/c1-3-8-21-13-6-4-12(5-7-13)20-15-14(19-16(20)17)9-11(2)10-18-15/h4-7,9-10H,3,8H2,1-2H3,(H2,17,19). The second-order valence-electron chi connectivity index (χ2n) is 5.00. The van der Waals surface area contributed by atoms with Crippen molar-refractivity contribution in [3.05, 3.63) is 42.1 Å². The number of nitrogens with zero attached hydrogens (tertiary/aromatic N) is 3. The van der Waals surface area contributed by atoms with E-state index in [9.17, 15) is 0 Å². The number of aryl methyl sites for hydroxylation is 1. The topological polar surface area (TPSA) is 66.0 Å². The van der Waals surface area contributed by atoms with Crippen LogP contribution in [-0.4, -0.2) is 21.1 Å². The molecule has 0 radical (unpaired) electrons. The molecule has 0 amide bonds. The molecule has 3 aromatic rings. The zero-order chi connectivity index (χ0) is 14.8. The van der Waals surface area contributed by atoms with Crippen LogP contribution < -0.4 is 10.5 Å². The molecule has 2 aromatic heterocycles. The molecule has 2 N–H and O–H groups in total. The number of hydrogen-bond donors (Lipinski definition) is 1. The van der Waals surface area contributed by atoms with Gasteiger partial charge in [0.1, 0.15) is 11.3 Å². The maximum Gasteiger partial charge on any atom is 0.207 e. The van der Waals surface area contributed by atoms with E-state index in [4.69, 9.17) is 10.5 Å². The maximum atomic E-state index is 6.03. The van der Waals surface area contributed by atoms with Crippen LogP contribution in [0.2, 0.25) is 0 Å². The van der Waals surface area contributed by atoms with Crippen LogP contribution in [0.5, 0.6) is 5.75 Å². The fourth-order valence-corrected chi connectivity index (χ4v) is 2.25. The lowest BCUT2D eigenvalue weighted by atomic mass is 10.3. The Morgan fingerprint density at radius 3 is 2.71 bits per heavy atom. The Kier molecular flexibility index (Phi) is 3.48. The predicted octanol–water partition coefficient (Wildman–Crippen LogP) is 3.10. The molecule has 0 saturated carbocycles.